The molecule has 0 unspecified atom stereocenters. The van der Waals surface area contributed by atoms with E-state index in [0.717, 1.165) is 16.2 Å². The molecule has 2 atom stereocenters. The van der Waals surface area contributed by atoms with Crippen LogP contribution in [0.15, 0.2) is 24.3 Å². The number of hydrogen-bond donors (Lipinski definition) is 1. The van der Waals surface area contributed by atoms with Crippen LogP contribution in [0.25, 0.3) is 0 Å². The fourth-order valence-electron chi connectivity index (χ4n) is 5.35. The van der Waals surface area contributed by atoms with Gasteiger partial charge in [-0.25, -0.2) is 4.79 Å². The van der Waals surface area contributed by atoms with E-state index in [9.17, 15) is 19.2 Å². The molecule has 2 heterocycles. The van der Waals surface area contributed by atoms with Gasteiger partial charge in [0.2, 0.25) is 0 Å². The molecule has 1 saturated heterocycles. The van der Waals surface area contributed by atoms with Crippen LogP contribution in [0.4, 0.5) is 4.79 Å². The maximum absolute atomic E-state index is 13.2. The van der Waals surface area contributed by atoms with Crippen LogP contribution < -0.4 is 5.32 Å². The van der Waals surface area contributed by atoms with Crippen LogP contribution in [-0.4, -0.2) is 52.2 Å². The van der Waals surface area contributed by atoms with Crippen molar-refractivity contribution in [3.63, 3.8) is 0 Å². The SMILES string of the molecule is C[C@H]1CC(C)(C)C[C@]2(C1)NC(=O)N(CCN1C(=O)c3ccccc3C1=O)C2=O. The Balaban J connectivity index is 1.49. The van der Waals surface area contributed by atoms with Crippen molar-refractivity contribution >= 4 is 23.8 Å². The summed E-state index contributed by atoms with van der Waals surface area (Å²) in [6.45, 7) is 6.34. The molecule has 3 aliphatic rings. The predicted molar refractivity (Wildman–Crippen MR) is 102 cm³/mol. The maximum Gasteiger partial charge on any atom is 0.325 e. The summed E-state index contributed by atoms with van der Waals surface area (Å²) in [5.74, 6) is -0.678. The topological polar surface area (TPSA) is 86.8 Å². The zero-order chi connectivity index (χ0) is 20.3. The largest absolute Gasteiger partial charge is 0.325 e. The molecule has 1 aromatic carbocycles. The van der Waals surface area contributed by atoms with Gasteiger partial charge in [-0.3, -0.25) is 24.2 Å². The number of benzene rings is 1. The van der Waals surface area contributed by atoms with Crippen LogP contribution >= 0.6 is 0 Å². The van der Waals surface area contributed by atoms with Crippen molar-refractivity contribution in [2.24, 2.45) is 11.3 Å². The summed E-state index contributed by atoms with van der Waals surface area (Å²) in [4.78, 5) is 53.0. The number of rotatable bonds is 3. The fraction of sp³-hybridized carbons (Fsp3) is 0.524. The molecule has 28 heavy (non-hydrogen) atoms. The number of carbonyl (C=O) groups excluding carboxylic acids is 4. The van der Waals surface area contributed by atoms with Crippen LogP contribution in [-0.2, 0) is 4.79 Å². The molecule has 0 aromatic heterocycles. The number of amides is 5. The Morgan fingerprint density at radius 2 is 1.54 bits per heavy atom. The number of carbonyl (C=O) groups is 4. The molecule has 2 fully saturated rings. The van der Waals surface area contributed by atoms with E-state index in [2.05, 4.69) is 26.1 Å². The van der Waals surface area contributed by atoms with Crippen molar-refractivity contribution in [1.82, 2.24) is 15.1 Å². The standard InChI is InChI=1S/C21H25N3O4/c1-13-10-20(2,3)12-21(11-13)18(27)24(19(28)22-21)9-8-23-16(25)14-6-4-5-7-15(14)17(23)26/h4-7,13H,8-12H2,1-3H3,(H,22,28)/t13-,21-/m0/s1. The highest BCUT2D eigenvalue weighted by Crippen LogP contribution is 2.46. The lowest BCUT2D eigenvalue weighted by Gasteiger charge is -2.43. The van der Waals surface area contributed by atoms with E-state index in [1.165, 1.54) is 0 Å². The molecule has 1 N–H and O–H groups in total. The Morgan fingerprint density at radius 1 is 0.964 bits per heavy atom. The Hall–Kier alpha value is -2.70. The Bertz CT molecular complexity index is 858. The number of urea groups is 1. The average molecular weight is 383 g/mol. The molecule has 0 radical (unpaired) electrons. The van der Waals surface area contributed by atoms with Crippen molar-refractivity contribution in [2.45, 2.75) is 45.6 Å². The van der Waals surface area contributed by atoms with Crippen LogP contribution in [0.2, 0.25) is 0 Å². The minimum atomic E-state index is -0.875. The lowest BCUT2D eigenvalue weighted by atomic mass is 9.64. The van der Waals surface area contributed by atoms with Crippen molar-refractivity contribution in [3.8, 4) is 0 Å². The molecule has 0 bridgehead atoms. The molecule has 1 spiro atoms. The molecular weight excluding hydrogens is 358 g/mol. The lowest BCUT2D eigenvalue weighted by Crippen LogP contribution is -2.54. The van der Waals surface area contributed by atoms with Gasteiger partial charge in [-0.2, -0.15) is 0 Å². The second kappa shape index (κ2) is 6.15. The molecule has 4 rings (SSSR count). The lowest BCUT2D eigenvalue weighted by molar-refractivity contribution is -0.134. The zero-order valence-electron chi connectivity index (χ0n) is 16.4. The minimum Gasteiger partial charge on any atom is -0.323 e. The molecular formula is C21H25N3O4. The third-order valence-corrected chi connectivity index (χ3v) is 6.05. The van der Waals surface area contributed by atoms with Gasteiger partial charge in [0.25, 0.3) is 17.7 Å². The van der Waals surface area contributed by atoms with Crippen LogP contribution in [0, 0.1) is 11.3 Å². The second-order valence-electron chi connectivity index (χ2n) is 9.13. The van der Waals surface area contributed by atoms with Gasteiger partial charge in [0.1, 0.15) is 5.54 Å². The smallest absolute Gasteiger partial charge is 0.323 e. The first-order valence-electron chi connectivity index (χ1n) is 9.73. The quantitative estimate of drug-likeness (QED) is 0.641. The molecule has 7 nitrogen and oxygen atoms in total. The molecule has 7 heteroatoms. The zero-order valence-corrected chi connectivity index (χ0v) is 16.4. The Kier molecular flexibility index (Phi) is 4.10. The first kappa shape index (κ1) is 18.7. The fourth-order valence-corrected chi connectivity index (χ4v) is 5.35. The number of nitrogens with zero attached hydrogens (tertiary/aromatic N) is 2. The summed E-state index contributed by atoms with van der Waals surface area (Å²) >= 11 is 0. The van der Waals surface area contributed by atoms with Gasteiger partial charge in [0, 0.05) is 13.1 Å². The van der Waals surface area contributed by atoms with Gasteiger partial charge >= 0.3 is 6.03 Å². The summed E-state index contributed by atoms with van der Waals surface area (Å²) in [7, 11) is 0. The number of fused-ring (bicyclic) bond motifs is 1. The normalized spacial score (nSPS) is 28.9. The summed E-state index contributed by atoms with van der Waals surface area (Å²) in [5.41, 5.74) is -0.188. The van der Waals surface area contributed by atoms with E-state index in [0.29, 0.717) is 29.9 Å². The molecule has 5 amide bonds. The third kappa shape index (κ3) is 2.80. The summed E-state index contributed by atoms with van der Waals surface area (Å²) in [6, 6.07) is 6.21. The van der Waals surface area contributed by atoms with Gasteiger partial charge in [-0.1, -0.05) is 32.9 Å². The van der Waals surface area contributed by atoms with E-state index in [1.54, 1.807) is 24.3 Å². The number of imide groups is 2. The third-order valence-electron chi connectivity index (χ3n) is 6.05. The second-order valence-corrected chi connectivity index (χ2v) is 9.13. The van der Waals surface area contributed by atoms with E-state index in [-0.39, 0.29) is 36.2 Å². The van der Waals surface area contributed by atoms with Crippen LogP contribution in [0.3, 0.4) is 0 Å². The van der Waals surface area contributed by atoms with Gasteiger partial charge in [-0.15, -0.1) is 0 Å². The van der Waals surface area contributed by atoms with Gasteiger partial charge < -0.3 is 5.32 Å². The Labute approximate surface area is 164 Å². The van der Waals surface area contributed by atoms with E-state index < -0.39 is 11.6 Å². The van der Waals surface area contributed by atoms with Crippen LogP contribution in [0.5, 0.6) is 0 Å². The molecule has 1 aromatic rings. The van der Waals surface area contributed by atoms with Crippen LogP contribution in [0.1, 0.15) is 60.7 Å². The molecule has 148 valence electrons. The van der Waals surface area contributed by atoms with Crippen molar-refractivity contribution in [2.75, 3.05) is 13.1 Å². The van der Waals surface area contributed by atoms with Gasteiger partial charge in [0.05, 0.1) is 11.1 Å². The molecule has 1 aliphatic carbocycles. The van der Waals surface area contributed by atoms with Gasteiger partial charge in [0.15, 0.2) is 0 Å². The summed E-state index contributed by atoms with van der Waals surface area (Å²) in [5, 5.41) is 2.92. The number of nitrogens with one attached hydrogen (secondary N) is 1. The summed E-state index contributed by atoms with van der Waals surface area (Å²) < 4.78 is 0. The average Bonchev–Trinajstić information content (AvgIpc) is 2.96. The minimum absolute atomic E-state index is 0.000529. The van der Waals surface area contributed by atoms with Crippen molar-refractivity contribution in [3.05, 3.63) is 35.4 Å². The maximum atomic E-state index is 13.2. The summed E-state index contributed by atoms with van der Waals surface area (Å²) in [6.07, 6.45) is 2.22. The monoisotopic (exact) mass is 383 g/mol. The number of hydrogen-bond acceptors (Lipinski definition) is 4. The van der Waals surface area contributed by atoms with E-state index in [1.807, 2.05) is 0 Å². The molecule has 1 saturated carbocycles. The van der Waals surface area contributed by atoms with E-state index >= 15 is 0 Å². The predicted octanol–water partition coefficient (Wildman–Crippen LogP) is 2.42. The first-order valence-corrected chi connectivity index (χ1v) is 9.73. The highest BCUT2D eigenvalue weighted by atomic mass is 16.2. The van der Waals surface area contributed by atoms with Crippen molar-refractivity contribution in [1.29, 1.82) is 0 Å². The first-order chi connectivity index (χ1) is 13.1. The van der Waals surface area contributed by atoms with E-state index in [4.69, 9.17) is 0 Å². The highest BCUT2D eigenvalue weighted by molar-refractivity contribution is 6.21. The highest BCUT2D eigenvalue weighted by Gasteiger charge is 2.56. The van der Waals surface area contributed by atoms with Gasteiger partial charge in [-0.05, 0) is 42.7 Å². The molecule has 2 aliphatic heterocycles. The van der Waals surface area contributed by atoms with Crippen molar-refractivity contribution < 1.29 is 19.2 Å². The Morgan fingerprint density at radius 3 is 2.11 bits per heavy atom.